The maximum absolute atomic E-state index is 13.0. The SMILES string of the molecule is CC[C@@H](C)NC(=O)[C@@H](C)N(Cc1ccccc1)C(=O)CCc1ccc(C)cc1. The van der Waals surface area contributed by atoms with Gasteiger partial charge in [-0.15, -0.1) is 0 Å². The summed E-state index contributed by atoms with van der Waals surface area (Å²) < 4.78 is 0. The summed E-state index contributed by atoms with van der Waals surface area (Å²) in [5, 5.41) is 3.00. The van der Waals surface area contributed by atoms with Crippen molar-refractivity contribution in [3.05, 3.63) is 71.3 Å². The van der Waals surface area contributed by atoms with Gasteiger partial charge in [-0.2, -0.15) is 0 Å². The van der Waals surface area contributed by atoms with E-state index >= 15 is 0 Å². The molecule has 0 spiro atoms. The molecule has 0 saturated carbocycles. The molecule has 4 nitrogen and oxygen atoms in total. The van der Waals surface area contributed by atoms with Crippen molar-refractivity contribution in [3.8, 4) is 0 Å². The average molecular weight is 381 g/mol. The summed E-state index contributed by atoms with van der Waals surface area (Å²) in [6.45, 7) is 8.30. The Morgan fingerprint density at radius 1 is 0.964 bits per heavy atom. The molecular weight excluding hydrogens is 348 g/mol. The Morgan fingerprint density at radius 2 is 1.61 bits per heavy atom. The predicted octanol–water partition coefficient (Wildman–Crippen LogP) is 4.26. The molecule has 2 aromatic carbocycles. The molecule has 0 saturated heterocycles. The van der Waals surface area contributed by atoms with E-state index < -0.39 is 6.04 Å². The van der Waals surface area contributed by atoms with Gasteiger partial charge in [0.05, 0.1) is 0 Å². The Kier molecular flexibility index (Phi) is 8.24. The highest BCUT2D eigenvalue weighted by Crippen LogP contribution is 2.13. The van der Waals surface area contributed by atoms with E-state index in [0.717, 1.165) is 17.5 Å². The smallest absolute Gasteiger partial charge is 0.242 e. The van der Waals surface area contributed by atoms with Crippen molar-refractivity contribution < 1.29 is 9.59 Å². The second kappa shape index (κ2) is 10.6. The zero-order chi connectivity index (χ0) is 20.5. The Labute approximate surface area is 169 Å². The van der Waals surface area contributed by atoms with Gasteiger partial charge in [-0.1, -0.05) is 67.1 Å². The van der Waals surface area contributed by atoms with Gasteiger partial charge in [0.25, 0.3) is 0 Å². The Hall–Kier alpha value is -2.62. The summed E-state index contributed by atoms with van der Waals surface area (Å²) in [6.07, 6.45) is 1.92. The van der Waals surface area contributed by atoms with Crippen LogP contribution in [0.3, 0.4) is 0 Å². The number of benzene rings is 2. The first kappa shape index (κ1) is 21.7. The van der Waals surface area contributed by atoms with Crippen LogP contribution in [0.5, 0.6) is 0 Å². The molecule has 4 heteroatoms. The molecule has 0 radical (unpaired) electrons. The Balaban J connectivity index is 2.10. The lowest BCUT2D eigenvalue weighted by Gasteiger charge is -2.29. The summed E-state index contributed by atoms with van der Waals surface area (Å²) in [5.74, 6) is -0.106. The Bertz CT molecular complexity index is 756. The van der Waals surface area contributed by atoms with E-state index in [1.807, 2.05) is 58.0 Å². The van der Waals surface area contributed by atoms with Gasteiger partial charge in [0.2, 0.25) is 11.8 Å². The van der Waals surface area contributed by atoms with Gasteiger partial charge < -0.3 is 10.2 Å². The van der Waals surface area contributed by atoms with Crippen molar-refractivity contribution in [3.63, 3.8) is 0 Å². The molecule has 150 valence electrons. The second-order valence-corrected chi connectivity index (χ2v) is 7.49. The first-order valence-electron chi connectivity index (χ1n) is 10.1. The van der Waals surface area contributed by atoms with Crippen LogP contribution < -0.4 is 5.32 Å². The molecule has 0 aliphatic rings. The first-order chi connectivity index (χ1) is 13.4. The Morgan fingerprint density at radius 3 is 2.21 bits per heavy atom. The maximum atomic E-state index is 13.0. The third-order valence-corrected chi connectivity index (χ3v) is 5.11. The minimum Gasteiger partial charge on any atom is -0.352 e. The first-order valence-corrected chi connectivity index (χ1v) is 10.1. The van der Waals surface area contributed by atoms with Crippen LogP contribution in [0.4, 0.5) is 0 Å². The molecule has 1 N–H and O–H groups in total. The summed E-state index contributed by atoms with van der Waals surface area (Å²) in [4.78, 5) is 27.4. The third-order valence-electron chi connectivity index (χ3n) is 5.11. The highest BCUT2D eigenvalue weighted by atomic mass is 16.2. The van der Waals surface area contributed by atoms with Gasteiger partial charge >= 0.3 is 0 Å². The van der Waals surface area contributed by atoms with Crippen LogP contribution in [0.25, 0.3) is 0 Å². The molecule has 28 heavy (non-hydrogen) atoms. The van der Waals surface area contributed by atoms with Gasteiger partial charge in [-0.05, 0) is 44.7 Å². The van der Waals surface area contributed by atoms with Crippen LogP contribution >= 0.6 is 0 Å². The van der Waals surface area contributed by atoms with E-state index in [1.54, 1.807) is 4.90 Å². The number of nitrogens with zero attached hydrogens (tertiary/aromatic N) is 1. The van der Waals surface area contributed by atoms with E-state index in [0.29, 0.717) is 19.4 Å². The van der Waals surface area contributed by atoms with Crippen LogP contribution in [-0.2, 0) is 22.6 Å². The van der Waals surface area contributed by atoms with E-state index in [2.05, 4.69) is 29.6 Å². The van der Waals surface area contributed by atoms with Crippen molar-refractivity contribution in [2.45, 2.75) is 65.6 Å². The average Bonchev–Trinajstić information content (AvgIpc) is 2.71. The zero-order valence-electron chi connectivity index (χ0n) is 17.4. The molecule has 0 aromatic heterocycles. The van der Waals surface area contributed by atoms with Crippen LogP contribution in [-0.4, -0.2) is 28.8 Å². The number of aryl methyl sites for hydroxylation is 2. The number of nitrogens with one attached hydrogen (secondary N) is 1. The van der Waals surface area contributed by atoms with Crippen LogP contribution in [0.15, 0.2) is 54.6 Å². The molecule has 2 rings (SSSR count). The van der Waals surface area contributed by atoms with Crippen molar-refractivity contribution in [1.82, 2.24) is 10.2 Å². The van der Waals surface area contributed by atoms with Gasteiger partial charge in [0, 0.05) is 19.0 Å². The number of hydrogen-bond acceptors (Lipinski definition) is 2. The summed E-state index contributed by atoms with van der Waals surface area (Å²) in [6, 6.07) is 17.6. The van der Waals surface area contributed by atoms with Gasteiger partial charge in [-0.3, -0.25) is 9.59 Å². The number of hydrogen-bond donors (Lipinski definition) is 1. The fourth-order valence-corrected chi connectivity index (χ4v) is 2.98. The van der Waals surface area contributed by atoms with Crippen molar-refractivity contribution in [2.75, 3.05) is 0 Å². The van der Waals surface area contributed by atoms with Crippen LogP contribution in [0.1, 0.15) is 50.3 Å². The van der Waals surface area contributed by atoms with E-state index in [1.165, 1.54) is 5.56 Å². The monoisotopic (exact) mass is 380 g/mol. The highest BCUT2D eigenvalue weighted by molar-refractivity contribution is 5.87. The molecular formula is C24H32N2O2. The maximum Gasteiger partial charge on any atom is 0.242 e. The lowest BCUT2D eigenvalue weighted by molar-refractivity contribution is -0.140. The number of carbonyl (C=O) groups is 2. The van der Waals surface area contributed by atoms with Gasteiger partial charge in [0.15, 0.2) is 0 Å². The quantitative estimate of drug-likeness (QED) is 0.707. The molecule has 2 aromatic rings. The van der Waals surface area contributed by atoms with Gasteiger partial charge in [0.1, 0.15) is 6.04 Å². The highest BCUT2D eigenvalue weighted by Gasteiger charge is 2.26. The molecule has 2 amide bonds. The molecule has 0 fully saturated rings. The predicted molar refractivity (Wildman–Crippen MR) is 114 cm³/mol. The lowest BCUT2D eigenvalue weighted by Crippen LogP contribution is -2.49. The molecule has 2 atom stereocenters. The number of rotatable bonds is 9. The van der Waals surface area contributed by atoms with Crippen molar-refractivity contribution in [2.24, 2.45) is 0 Å². The van der Waals surface area contributed by atoms with E-state index in [4.69, 9.17) is 0 Å². The van der Waals surface area contributed by atoms with E-state index in [9.17, 15) is 9.59 Å². The minimum atomic E-state index is -0.514. The molecule has 0 bridgehead atoms. The summed E-state index contributed by atoms with van der Waals surface area (Å²) in [5.41, 5.74) is 3.36. The minimum absolute atomic E-state index is 0.00349. The van der Waals surface area contributed by atoms with Crippen LogP contribution in [0, 0.1) is 6.92 Å². The molecule has 0 aliphatic heterocycles. The molecule has 0 unspecified atom stereocenters. The zero-order valence-corrected chi connectivity index (χ0v) is 17.4. The summed E-state index contributed by atoms with van der Waals surface area (Å²) >= 11 is 0. The van der Waals surface area contributed by atoms with Crippen LogP contribution in [0.2, 0.25) is 0 Å². The summed E-state index contributed by atoms with van der Waals surface area (Å²) in [7, 11) is 0. The largest absolute Gasteiger partial charge is 0.352 e. The molecule has 0 aliphatic carbocycles. The standard InChI is InChI=1S/C24H32N2O2/c1-5-19(3)25-24(28)20(4)26(17-22-9-7-6-8-10-22)23(27)16-15-21-13-11-18(2)12-14-21/h6-14,19-20H,5,15-17H2,1-4H3,(H,25,28)/t19-,20-/m1/s1. The van der Waals surface area contributed by atoms with Gasteiger partial charge in [-0.25, -0.2) is 0 Å². The van der Waals surface area contributed by atoms with Crippen molar-refractivity contribution in [1.29, 1.82) is 0 Å². The second-order valence-electron chi connectivity index (χ2n) is 7.49. The fraction of sp³-hybridized carbons (Fsp3) is 0.417. The van der Waals surface area contributed by atoms with E-state index in [-0.39, 0.29) is 17.9 Å². The number of amides is 2. The normalized spacial score (nSPS) is 12.9. The fourth-order valence-electron chi connectivity index (χ4n) is 2.98. The lowest BCUT2D eigenvalue weighted by atomic mass is 10.1. The number of carbonyl (C=O) groups excluding carboxylic acids is 2. The van der Waals surface area contributed by atoms with Crippen molar-refractivity contribution >= 4 is 11.8 Å². The topological polar surface area (TPSA) is 49.4 Å². The third kappa shape index (κ3) is 6.52. The molecule has 0 heterocycles.